The highest BCUT2D eigenvalue weighted by molar-refractivity contribution is 6.21. The van der Waals surface area contributed by atoms with Crippen LogP contribution in [0.1, 0.15) is 11.1 Å². The van der Waals surface area contributed by atoms with E-state index in [9.17, 15) is 5.26 Å². The Labute approximate surface area is 230 Å². The number of hydrogen-bond donors (Lipinski definition) is 1. The molecule has 40 heavy (non-hydrogen) atoms. The molecule has 4 heteroatoms. The van der Waals surface area contributed by atoms with Crippen LogP contribution in [0.5, 0.6) is 0 Å². The van der Waals surface area contributed by atoms with Crippen LogP contribution in [0, 0.1) is 16.7 Å². The summed E-state index contributed by atoms with van der Waals surface area (Å²) < 4.78 is 4.45. The summed E-state index contributed by atoms with van der Waals surface area (Å²) in [5.41, 5.74) is 7.02. The lowest BCUT2D eigenvalue weighted by atomic mass is 10.0. The monoisotopic (exact) mass is 510 g/mol. The Morgan fingerprint density at radius 1 is 0.525 bits per heavy atom. The van der Waals surface area contributed by atoms with Gasteiger partial charge in [-0.2, -0.15) is 5.26 Å². The van der Waals surface area contributed by atoms with Gasteiger partial charge < -0.3 is 14.5 Å². The highest BCUT2D eigenvalue weighted by Crippen LogP contribution is 2.42. The Morgan fingerprint density at radius 2 is 1.07 bits per heavy atom. The van der Waals surface area contributed by atoms with Crippen LogP contribution >= 0.6 is 0 Å². The average molecular weight is 511 g/mol. The van der Waals surface area contributed by atoms with E-state index in [-0.39, 0.29) is 0 Å². The normalized spacial score (nSPS) is 11.6. The molecule has 0 aliphatic carbocycles. The molecule has 1 N–H and O–H groups in total. The van der Waals surface area contributed by atoms with Gasteiger partial charge in [-0.25, -0.2) is 0 Å². The van der Waals surface area contributed by atoms with Gasteiger partial charge in [-0.15, -0.1) is 0 Å². The third-order valence-corrected chi connectivity index (χ3v) is 8.05. The summed E-state index contributed by atoms with van der Waals surface area (Å²) in [7, 11) is 0. The summed E-state index contributed by atoms with van der Waals surface area (Å²) in [5.74, 6) is 0. The standard InChI is InChI=1S/C36H22N4/c37-21-24-17-18-25(22-38)36(35(24)39-30-14-6-3-11-27(30)28-12-4-7-15-31(28)39)40-32-16-8-5-13-29(32)34-26-10-2-1-9-23(26)19-20-33(34)40/h1-21,37H. The minimum atomic E-state index is 0.554. The van der Waals surface area contributed by atoms with Crippen LogP contribution in [0.3, 0.4) is 0 Å². The van der Waals surface area contributed by atoms with Gasteiger partial charge in [0.25, 0.3) is 0 Å². The van der Waals surface area contributed by atoms with Crippen LogP contribution in [-0.4, -0.2) is 15.3 Å². The minimum absolute atomic E-state index is 0.554. The molecule has 0 unspecified atom stereocenters. The molecular weight excluding hydrogens is 488 g/mol. The molecule has 8 aromatic rings. The van der Waals surface area contributed by atoms with Crippen LogP contribution in [-0.2, 0) is 0 Å². The molecule has 6 aromatic carbocycles. The first-order valence-corrected chi connectivity index (χ1v) is 13.3. The number of benzene rings is 6. The molecule has 4 nitrogen and oxygen atoms in total. The molecule has 0 atom stereocenters. The number of nitrogens with zero attached hydrogens (tertiary/aromatic N) is 3. The maximum atomic E-state index is 10.5. The van der Waals surface area contributed by atoms with Crippen molar-refractivity contribution >= 4 is 60.6 Å². The highest BCUT2D eigenvalue weighted by Gasteiger charge is 2.24. The van der Waals surface area contributed by atoms with Crippen molar-refractivity contribution in [2.45, 2.75) is 0 Å². The van der Waals surface area contributed by atoms with Gasteiger partial charge >= 0.3 is 0 Å². The molecule has 0 amide bonds. The van der Waals surface area contributed by atoms with Gasteiger partial charge in [0.05, 0.1) is 39.0 Å². The Hall–Kier alpha value is -5.66. The maximum Gasteiger partial charge on any atom is 0.101 e. The lowest BCUT2D eigenvalue weighted by molar-refractivity contribution is 1.08. The van der Waals surface area contributed by atoms with Crippen molar-refractivity contribution in [2.75, 3.05) is 0 Å². The second-order valence-electron chi connectivity index (χ2n) is 10.1. The predicted molar refractivity (Wildman–Crippen MR) is 165 cm³/mol. The van der Waals surface area contributed by atoms with Gasteiger partial charge in [0.1, 0.15) is 6.07 Å². The van der Waals surface area contributed by atoms with E-state index in [0.29, 0.717) is 5.56 Å². The highest BCUT2D eigenvalue weighted by atomic mass is 15.1. The lowest BCUT2D eigenvalue weighted by Gasteiger charge is -2.20. The summed E-state index contributed by atoms with van der Waals surface area (Å²) in [6.45, 7) is 0. The molecule has 0 saturated carbocycles. The zero-order valence-electron chi connectivity index (χ0n) is 21.5. The zero-order chi connectivity index (χ0) is 26.8. The van der Waals surface area contributed by atoms with Gasteiger partial charge in [0, 0.05) is 33.3 Å². The number of rotatable bonds is 3. The van der Waals surface area contributed by atoms with Crippen LogP contribution < -0.4 is 0 Å². The van der Waals surface area contributed by atoms with Gasteiger partial charge in [-0.3, -0.25) is 0 Å². The first-order chi connectivity index (χ1) is 19.8. The quantitative estimate of drug-likeness (QED) is 0.237. The van der Waals surface area contributed by atoms with E-state index in [1.807, 2.05) is 30.3 Å². The van der Waals surface area contributed by atoms with Crippen molar-refractivity contribution < 1.29 is 0 Å². The van der Waals surface area contributed by atoms with Gasteiger partial charge in [0.2, 0.25) is 0 Å². The molecule has 8 rings (SSSR count). The first-order valence-electron chi connectivity index (χ1n) is 13.3. The molecule has 0 aliphatic heterocycles. The van der Waals surface area contributed by atoms with Crippen LogP contribution in [0.15, 0.2) is 121 Å². The van der Waals surface area contributed by atoms with Crippen molar-refractivity contribution in [3.8, 4) is 17.4 Å². The van der Waals surface area contributed by atoms with E-state index >= 15 is 0 Å². The van der Waals surface area contributed by atoms with Crippen molar-refractivity contribution in [3.05, 3.63) is 132 Å². The maximum absolute atomic E-state index is 10.5. The molecular formula is C36H22N4. The Balaban J connectivity index is 1.64. The Bertz CT molecular complexity index is 2310. The molecule has 0 spiro atoms. The molecule has 0 aliphatic rings. The van der Waals surface area contributed by atoms with Crippen LogP contribution in [0.4, 0.5) is 0 Å². The number of nitrogens with one attached hydrogen (secondary N) is 1. The first kappa shape index (κ1) is 22.3. The zero-order valence-corrected chi connectivity index (χ0v) is 21.5. The van der Waals surface area contributed by atoms with E-state index in [0.717, 1.165) is 60.5 Å². The Kier molecular flexibility index (Phi) is 4.70. The summed E-state index contributed by atoms with van der Waals surface area (Å²) in [6.07, 6.45) is 1.40. The molecule has 2 heterocycles. The largest absolute Gasteiger partial charge is 0.308 e. The second kappa shape index (κ2) is 8.42. The fourth-order valence-electron chi connectivity index (χ4n) is 6.41. The van der Waals surface area contributed by atoms with Crippen molar-refractivity contribution in [2.24, 2.45) is 0 Å². The fraction of sp³-hybridized carbons (Fsp3) is 0. The van der Waals surface area contributed by atoms with E-state index in [1.54, 1.807) is 0 Å². The lowest BCUT2D eigenvalue weighted by Crippen LogP contribution is -2.09. The summed E-state index contributed by atoms with van der Waals surface area (Å²) in [5, 5.41) is 25.9. The molecule has 0 fully saturated rings. The van der Waals surface area contributed by atoms with Gasteiger partial charge in [0.15, 0.2) is 0 Å². The minimum Gasteiger partial charge on any atom is -0.308 e. The van der Waals surface area contributed by atoms with Crippen LogP contribution in [0.25, 0.3) is 65.8 Å². The number of aromatic nitrogens is 2. The van der Waals surface area contributed by atoms with Crippen molar-refractivity contribution in [1.82, 2.24) is 9.13 Å². The van der Waals surface area contributed by atoms with Gasteiger partial charge in [-0.1, -0.05) is 84.9 Å². The van der Waals surface area contributed by atoms with Crippen molar-refractivity contribution in [3.63, 3.8) is 0 Å². The summed E-state index contributed by atoms with van der Waals surface area (Å²) in [4.78, 5) is 0. The fourth-order valence-corrected chi connectivity index (χ4v) is 6.41. The van der Waals surface area contributed by atoms with E-state index in [1.165, 1.54) is 17.0 Å². The van der Waals surface area contributed by atoms with E-state index in [4.69, 9.17) is 5.41 Å². The Morgan fingerprint density at radius 3 is 1.73 bits per heavy atom. The number of hydrogen-bond acceptors (Lipinski definition) is 2. The number of para-hydroxylation sites is 3. The predicted octanol–water partition coefficient (Wildman–Crippen LogP) is 8.90. The van der Waals surface area contributed by atoms with Crippen LogP contribution in [0.2, 0.25) is 0 Å². The molecule has 0 bridgehead atoms. The molecule has 2 aromatic heterocycles. The second-order valence-corrected chi connectivity index (χ2v) is 10.1. The smallest absolute Gasteiger partial charge is 0.101 e. The molecule has 0 saturated heterocycles. The van der Waals surface area contributed by atoms with Crippen molar-refractivity contribution in [1.29, 1.82) is 10.7 Å². The van der Waals surface area contributed by atoms with E-state index < -0.39 is 0 Å². The third kappa shape index (κ3) is 2.92. The summed E-state index contributed by atoms with van der Waals surface area (Å²) in [6, 6.07) is 44.1. The molecule has 186 valence electrons. The number of nitriles is 1. The summed E-state index contributed by atoms with van der Waals surface area (Å²) >= 11 is 0. The molecule has 0 radical (unpaired) electrons. The van der Waals surface area contributed by atoms with Gasteiger partial charge in [-0.05, 0) is 47.2 Å². The average Bonchev–Trinajstić information content (AvgIpc) is 3.53. The van der Waals surface area contributed by atoms with E-state index in [2.05, 4.69) is 106 Å². The topological polar surface area (TPSA) is 57.5 Å². The number of fused-ring (bicyclic) bond motifs is 8. The third-order valence-electron chi connectivity index (χ3n) is 8.05. The SMILES string of the molecule is N#Cc1ccc(C=N)c(-n2c3ccccc3c3ccccc32)c1-n1c2ccccc2c2c3ccccc3ccc21.